The van der Waals surface area contributed by atoms with E-state index in [0.29, 0.717) is 19.3 Å². The number of allylic oxidation sites excluding steroid dienone is 4. The van der Waals surface area contributed by atoms with Gasteiger partial charge >= 0.3 is 5.97 Å². The van der Waals surface area contributed by atoms with Gasteiger partial charge in [-0.15, -0.1) is 5.92 Å². The van der Waals surface area contributed by atoms with E-state index in [-0.39, 0.29) is 17.1 Å². The number of esters is 1. The van der Waals surface area contributed by atoms with Crippen molar-refractivity contribution in [3.8, 4) is 11.8 Å². The van der Waals surface area contributed by atoms with Crippen LogP contribution in [0, 0.1) is 11.8 Å². The highest BCUT2D eigenvalue weighted by Crippen LogP contribution is 2.38. The highest BCUT2D eigenvalue weighted by atomic mass is 28.4. The van der Waals surface area contributed by atoms with Gasteiger partial charge in [0.2, 0.25) is 0 Å². The lowest BCUT2D eigenvalue weighted by Gasteiger charge is -2.44. The van der Waals surface area contributed by atoms with Gasteiger partial charge in [-0.1, -0.05) is 144 Å². The number of carbonyl (C=O) groups excluding carboxylic acids is 1. The molecule has 0 amide bonds. The molecule has 0 saturated carbocycles. The van der Waals surface area contributed by atoms with Gasteiger partial charge in [-0.25, -0.2) is 0 Å². The SMILES string of the molecule is CCCCC/C=C/CC(/C=C\C=C\CC#CCCCC(=O)OC)O[Si](c1ccccc1)(c1ccccc1)C(C)(C)C. The molecule has 0 saturated heterocycles. The molecule has 0 spiro atoms. The minimum Gasteiger partial charge on any atom is -0.469 e. The molecular formula is C37H50O3Si. The summed E-state index contributed by atoms with van der Waals surface area (Å²) in [6.07, 6.45) is 21.2. The van der Waals surface area contributed by atoms with E-state index >= 15 is 0 Å². The van der Waals surface area contributed by atoms with Crippen LogP contribution in [0.5, 0.6) is 0 Å². The van der Waals surface area contributed by atoms with Crippen LogP contribution in [-0.4, -0.2) is 27.5 Å². The zero-order valence-electron chi connectivity index (χ0n) is 25.9. The van der Waals surface area contributed by atoms with Gasteiger partial charge < -0.3 is 9.16 Å². The van der Waals surface area contributed by atoms with Crippen LogP contribution in [0.1, 0.15) is 85.5 Å². The van der Waals surface area contributed by atoms with Crippen LogP contribution in [0.2, 0.25) is 5.04 Å². The molecule has 1 atom stereocenters. The first-order valence-electron chi connectivity index (χ1n) is 15.1. The standard InChI is InChI=1S/C37H50O3Si/c1-6-7-8-9-14-19-26-33(27-20-15-12-10-11-13-16-25-32-36(38)39-5)40-41(37(2,3)4,34-28-21-17-22-29-34)35-30-23-18-24-31-35/h12,14-15,17-24,27-31,33H,6-10,16,25-26,32H2,1-5H3/b15-12+,19-14+,27-20-. The molecular weight excluding hydrogens is 520 g/mol. The number of carbonyl (C=O) groups is 1. The van der Waals surface area contributed by atoms with E-state index in [0.717, 1.165) is 19.3 Å². The van der Waals surface area contributed by atoms with Crippen LogP contribution >= 0.6 is 0 Å². The number of rotatable bonds is 16. The summed E-state index contributed by atoms with van der Waals surface area (Å²) in [6, 6.07) is 21.7. The van der Waals surface area contributed by atoms with Gasteiger partial charge in [0.15, 0.2) is 0 Å². The van der Waals surface area contributed by atoms with E-state index in [4.69, 9.17) is 4.43 Å². The molecule has 0 aliphatic heterocycles. The van der Waals surface area contributed by atoms with Crippen molar-refractivity contribution in [3.05, 3.63) is 97.1 Å². The Bertz CT molecular complexity index is 1110. The highest BCUT2D eigenvalue weighted by Gasteiger charge is 2.51. The summed E-state index contributed by atoms with van der Waals surface area (Å²) < 4.78 is 12.1. The predicted molar refractivity (Wildman–Crippen MR) is 177 cm³/mol. The van der Waals surface area contributed by atoms with Gasteiger partial charge in [-0.3, -0.25) is 4.79 Å². The minimum atomic E-state index is -2.66. The second-order valence-corrected chi connectivity index (χ2v) is 15.6. The molecule has 0 radical (unpaired) electrons. The molecule has 0 aromatic heterocycles. The maximum atomic E-state index is 11.2. The third-order valence-electron chi connectivity index (χ3n) is 7.08. The maximum Gasteiger partial charge on any atom is 0.305 e. The topological polar surface area (TPSA) is 35.5 Å². The fraction of sp³-hybridized carbons (Fsp3) is 0.432. The summed E-state index contributed by atoms with van der Waals surface area (Å²) in [5, 5.41) is 2.51. The Morgan fingerprint density at radius 3 is 2.12 bits per heavy atom. The number of unbranched alkanes of at least 4 members (excludes halogenated alkanes) is 4. The zero-order chi connectivity index (χ0) is 29.8. The molecule has 0 aliphatic carbocycles. The maximum absolute atomic E-state index is 11.2. The molecule has 41 heavy (non-hydrogen) atoms. The van der Waals surface area contributed by atoms with E-state index in [1.54, 1.807) is 0 Å². The fourth-order valence-electron chi connectivity index (χ4n) is 4.92. The summed E-state index contributed by atoms with van der Waals surface area (Å²) in [6.45, 7) is 9.21. The van der Waals surface area contributed by atoms with E-state index in [1.807, 2.05) is 0 Å². The molecule has 1 unspecified atom stereocenters. The lowest BCUT2D eigenvalue weighted by Crippen LogP contribution is -2.67. The average Bonchev–Trinajstić information content (AvgIpc) is 2.98. The Morgan fingerprint density at radius 1 is 0.878 bits per heavy atom. The number of hydrogen-bond acceptors (Lipinski definition) is 3. The van der Waals surface area contributed by atoms with Crippen molar-refractivity contribution in [3.63, 3.8) is 0 Å². The Hall–Kier alpha value is -3.13. The van der Waals surface area contributed by atoms with Gasteiger partial charge in [0.1, 0.15) is 0 Å². The molecule has 0 heterocycles. The van der Waals surface area contributed by atoms with Crippen LogP contribution in [0.4, 0.5) is 0 Å². The third-order valence-corrected chi connectivity index (χ3v) is 12.1. The Morgan fingerprint density at radius 2 is 1.54 bits per heavy atom. The van der Waals surface area contributed by atoms with E-state index in [2.05, 4.69) is 141 Å². The van der Waals surface area contributed by atoms with Crippen molar-refractivity contribution < 1.29 is 14.0 Å². The minimum absolute atomic E-state index is 0.0576. The number of benzene rings is 2. The second kappa shape index (κ2) is 19.1. The van der Waals surface area contributed by atoms with Gasteiger partial charge in [0.05, 0.1) is 13.2 Å². The van der Waals surface area contributed by atoms with Crippen molar-refractivity contribution in [1.82, 2.24) is 0 Å². The van der Waals surface area contributed by atoms with Crippen molar-refractivity contribution in [2.75, 3.05) is 7.11 Å². The number of hydrogen-bond donors (Lipinski definition) is 0. The van der Waals surface area contributed by atoms with Crippen LogP contribution < -0.4 is 10.4 Å². The van der Waals surface area contributed by atoms with Crippen LogP contribution in [0.15, 0.2) is 97.1 Å². The highest BCUT2D eigenvalue weighted by molar-refractivity contribution is 6.99. The average molecular weight is 571 g/mol. The van der Waals surface area contributed by atoms with E-state index in [1.165, 1.54) is 36.7 Å². The molecule has 0 N–H and O–H groups in total. The van der Waals surface area contributed by atoms with Crippen LogP contribution in [0.25, 0.3) is 0 Å². The predicted octanol–water partition coefficient (Wildman–Crippen LogP) is 8.31. The van der Waals surface area contributed by atoms with Gasteiger partial charge in [-0.05, 0) is 41.1 Å². The Labute approximate surface area is 250 Å². The summed E-state index contributed by atoms with van der Waals surface area (Å²) in [4.78, 5) is 11.2. The first-order valence-corrected chi connectivity index (χ1v) is 17.1. The third kappa shape index (κ3) is 11.7. The molecule has 2 aromatic carbocycles. The van der Waals surface area contributed by atoms with Crippen LogP contribution in [-0.2, 0) is 14.0 Å². The molecule has 2 aromatic rings. The van der Waals surface area contributed by atoms with Crippen molar-refractivity contribution in [1.29, 1.82) is 0 Å². The van der Waals surface area contributed by atoms with E-state index in [9.17, 15) is 4.79 Å². The number of ether oxygens (including phenoxy) is 1. The second-order valence-electron chi connectivity index (χ2n) is 11.3. The molecule has 3 nitrogen and oxygen atoms in total. The lowest BCUT2D eigenvalue weighted by molar-refractivity contribution is -0.140. The summed E-state index contributed by atoms with van der Waals surface area (Å²) in [7, 11) is -1.25. The van der Waals surface area contributed by atoms with E-state index < -0.39 is 8.32 Å². The van der Waals surface area contributed by atoms with Gasteiger partial charge in [-0.2, -0.15) is 0 Å². The summed E-state index contributed by atoms with van der Waals surface area (Å²) >= 11 is 0. The van der Waals surface area contributed by atoms with Crippen molar-refractivity contribution in [2.24, 2.45) is 0 Å². The molecule has 0 fully saturated rings. The largest absolute Gasteiger partial charge is 0.469 e. The molecule has 0 aliphatic rings. The first kappa shape index (κ1) is 34.1. The molecule has 220 valence electrons. The Kier molecular flexibility index (Phi) is 15.8. The zero-order valence-corrected chi connectivity index (χ0v) is 26.9. The summed E-state index contributed by atoms with van der Waals surface area (Å²) in [5.74, 6) is 6.12. The lowest BCUT2D eigenvalue weighted by atomic mass is 10.1. The first-order chi connectivity index (χ1) is 19.8. The molecule has 2 rings (SSSR count). The van der Waals surface area contributed by atoms with Gasteiger partial charge in [0, 0.05) is 19.3 Å². The van der Waals surface area contributed by atoms with Crippen LogP contribution in [0.3, 0.4) is 0 Å². The molecule has 0 bridgehead atoms. The number of methoxy groups -OCH3 is 1. The Balaban J connectivity index is 2.27. The van der Waals surface area contributed by atoms with Crippen molar-refractivity contribution in [2.45, 2.75) is 96.6 Å². The normalized spacial score (nSPS) is 13.0. The van der Waals surface area contributed by atoms with Gasteiger partial charge in [0.25, 0.3) is 8.32 Å². The quantitative estimate of drug-likeness (QED) is 0.0508. The monoisotopic (exact) mass is 570 g/mol. The fourth-order valence-corrected chi connectivity index (χ4v) is 9.57. The smallest absolute Gasteiger partial charge is 0.305 e. The molecule has 4 heteroatoms. The van der Waals surface area contributed by atoms with Crippen molar-refractivity contribution >= 4 is 24.7 Å². The summed E-state index contributed by atoms with van der Waals surface area (Å²) in [5.41, 5.74) is 0.